The molecule has 1 aromatic heterocycles. The first-order chi connectivity index (χ1) is 12.0. The number of carbonyl (C=O) groups excluding carboxylic acids is 1. The lowest BCUT2D eigenvalue weighted by Gasteiger charge is -2.26. The van der Waals surface area contributed by atoms with Crippen LogP contribution in [0, 0.1) is 20.8 Å². The molecule has 3 rings (SSSR count). The number of carbonyl (C=O) groups is 1. The predicted molar refractivity (Wildman–Crippen MR) is 101 cm³/mol. The summed E-state index contributed by atoms with van der Waals surface area (Å²) in [6.45, 7) is 8.21. The summed E-state index contributed by atoms with van der Waals surface area (Å²) < 4.78 is 5.77. The first-order valence-corrected chi connectivity index (χ1v) is 9.71. The van der Waals surface area contributed by atoms with E-state index in [0.29, 0.717) is 19.5 Å². The van der Waals surface area contributed by atoms with E-state index < -0.39 is 0 Å². The molecule has 5 heteroatoms. The van der Waals surface area contributed by atoms with Crippen LogP contribution in [0.15, 0.2) is 24.3 Å². The van der Waals surface area contributed by atoms with Crippen molar-refractivity contribution in [2.24, 2.45) is 0 Å². The fourth-order valence-electron chi connectivity index (χ4n) is 3.31. The van der Waals surface area contributed by atoms with Crippen molar-refractivity contribution in [2.45, 2.75) is 52.7 Å². The molecule has 1 aliphatic heterocycles. The summed E-state index contributed by atoms with van der Waals surface area (Å²) in [5.74, 6) is 0.130. The topological polar surface area (TPSA) is 42.4 Å². The van der Waals surface area contributed by atoms with E-state index in [0.717, 1.165) is 40.6 Å². The molecule has 1 amide bonds. The summed E-state index contributed by atoms with van der Waals surface area (Å²) in [5.41, 5.74) is 3.29. The molecule has 2 aromatic rings. The zero-order valence-corrected chi connectivity index (χ0v) is 16.1. The molecule has 1 aliphatic rings. The molecule has 0 unspecified atom stereocenters. The summed E-state index contributed by atoms with van der Waals surface area (Å²) in [7, 11) is 0. The lowest BCUT2D eigenvalue weighted by atomic mass is 10.1. The van der Waals surface area contributed by atoms with Gasteiger partial charge in [0.25, 0.3) is 0 Å². The van der Waals surface area contributed by atoms with Crippen LogP contribution in [-0.4, -0.2) is 35.0 Å². The van der Waals surface area contributed by atoms with Gasteiger partial charge < -0.3 is 9.64 Å². The summed E-state index contributed by atoms with van der Waals surface area (Å²) >= 11 is 1.66. The number of ether oxygens (including phenoxy) is 1. The molecule has 0 N–H and O–H groups in total. The average molecular weight is 359 g/mol. The second-order valence-electron chi connectivity index (χ2n) is 6.81. The maximum absolute atomic E-state index is 13.0. The van der Waals surface area contributed by atoms with E-state index in [1.54, 1.807) is 11.3 Å². The molecule has 0 saturated carbocycles. The van der Waals surface area contributed by atoms with Gasteiger partial charge >= 0.3 is 0 Å². The van der Waals surface area contributed by atoms with Gasteiger partial charge in [0.2, 0.25) is 5.91 Å². The quantitative estimate of drug-likeness (QED) is 0.788. The van der Waals surface area contributed by atoms with Crippen LogP contribution in [0.2, 0.25) is 0 Å². The standard InChI is InChI=1S/C20H26N2O2S/c1-14-6-4-7-17(10-14)12-22(13-18-8-5-9-24-18)20(23)11-19-15(2)25-16(3)21-19/h4,6-7,10,18H,5,8-9,11-13H2,1-3H3/t18-/m0/s1. The Morgan fingerprint density at radius 3 is 2.84 bits per heavy atom. The Labute approximate surface area is 153 Å². The van der Waals surface area contributed by atoms with Crippen LogP contribution in [0.25, 0.3) is 0 Å². The van der Waals surface area contributed by atoms with Crippen molar-refractivity contribution in [3.8, 4) is 0 Å². The van der Waals surface area contributed by atoms with Crippen molar-refractivity contribution in [3.05, 3.63) is 51.0 Å². The van der Waals surface area contributed by atoms with E-state index in [4.69, 9.17) is 4.74 Å². The van der Waals surface area contributed by atoms with Crippen LogP contribution in [0.4, 0.5) is 0 Å². The number of nitrogens with zero attached hydrogens (tertiary/aromatic N) is 2. The van der Waals surface area contributed by atoms with Gasteiger partial charge in [0.15, 0.2) is 0 Å². The van der Waals surface area contributed by atoms with Gasteiger partial charge in [0.1, 0.15) is 0 Å². The Morgan fingerprint density at radius 1 is 1.36 bits per heavy atom. The van der Waals surface area contributed by atoms with Gasteiger partial charge in [0.05, 0.1) is 23.2 Å². The minimum absolute atomic E-state index is 0.130. The van der Waals surface area contributed by atoms with Crippen LogP contribution in [0.3, 0.4) is 0 Å². The van der Waals surface area contributed by atoms with Gasteiger partial charge in [0, 0.05) is 24.6 Å². The van der Waals surface area contributed by atoms with Crippen LogP contribution in [0.5, 0.6) is 0 Å². The van der Waals surface area contributed by atoms with Crippen molar-refractivity contribution in [3.63, 3.8) is 0 Å². The van der Waals surface area contributed by atoms with E-state index >= 15 is 0 Å². The third-order valence-corrected chi connectivity index (χ3v) is 5.50. The van der Waals surface area contributed by atoms with Crippen molar-refractivity contribution >= 4 is 17.2 Å². The number of amides is 1. The number of thiazole rings is 1. The van der Waals surface area contributed by atoms with Crippen LogP contribution in [-0.2, 0) is 22.5 Å². The normalized spacial score (nSPS) is 17.0. The maximum Gasteiger partial charge on any atom is 0.229 e. The molecule has 1 aromatic carbocycles. The van der Waals surface area contributed by atoms with Crippen molar-refractivity contribution in [1.82, 2.24) is 9.88 Å². The molecule has 0 bridgehead atoms. The first-order valence-electron chi connectivity index (χ1n) is 8.89. The van der Waals surface area contributed by atoms with Gasteiger partial charge in [-0.05, 0) is 39.2 Å². The third-order valence-electron chi connectivity index (χ3n) is 4.57. The largest absolute Gasteiger partial charge is 0.376 e. The summed E-state index contributed by atoms with van der Waals surface area (Å²) in [6, 6.07) is 8.36. The van der Waals surface area contributed by atoms with Crippen LogP contribution < -0.4 is 0 Å². The predicted octanol–water partition coefficient (Wildman–Crippen LogP) is 3.82. The van der Waals surface area contributed by atoms with Gasteiger partial charge in [-0.3, -0.25) is 4.79 Å². The molecule has 4 nitrogen and oxygen atoms in total. The van der Waals surface area contributed by atoms with Crippen molar-refractivity contribution < 1.29 is 9.53 Å². The number of hydrogen-bond acceptors (Lipinski definition) is 4. The second kappa shape index (κ2) is 8.11. The highest BCUT2D eigenvalue weighted by Crippen LogP contribution is 2.20. The van der Waals surface area contributed by atoms with Gasteiger partial charge in [-0.1, -0.05) is 29.8 Å². The number of benzene rings is 1. The third kappa shape index (κ3) is 4.89. The molecule has 2 heterocycles. The minimum Gasteiger partial charge on any atom is -0.376 e. The highest BCUT2D eigenvalue weighted by molar-refractivity contribution is 7.11. The van der Waals surface area contributed by atoms with Gasteiger partial charge in [-0.15, -0.1) is 11.3 Å². The van der Waals surface area contributed by atoms with Crippen LogP contribution >= 0.6 is 11.3 Å². The number of aromatic nitrogens is 1. The second-order valence-corrected chi connectivity index (χ2v) is 8.22. The van der Waals surface area contributed by atoms with Crippen LogP contribution in [0.1, 0.15) is 39.5 Å². The SMILES string of the molecule is Cc1cccc(CN(C[C@@H]2CCCO2)C(=O)Cc2nc(C)sc2C)c1. The number of rotatable bonds is 6. The lowest BCUT2D eigenvalue weighted by Crippen LogP contribution is -2.38. The van der Waals surface area contributed by atoms with E-state index in [2.05, 4.69) is 30.1 Å². The van der Waals surface area contributed by atoms with E-state index in [-0.39, 0.29) is 12.0 Å². The molecular formula is C20H26N2O2S. The zero-order valence-electron chi connectivity index (χ0n) is 15.2. The number of hydrogen-bond donors (Lipinski definition) is 0. The highest BCUT2D eigenvalue weighted by atomic mass is 32.1. The lowest BCUT2D eigenvalue weighted by molar-refractivity contribution is -0.132. The summed E-state index contributed by atoms with van der Waals surface area (Å²) in [6.07, 6.45) is 2.65. The van der Waals surface area contributed by atoms with Gasteiger partial charge in [-0.25, -0.2) is 4.98 Å². The Balaban J connectivity index is 1.74. The average Bonchev–Trinajstić information content (AvgIpc) is 3.16. The molecule has 0 aliphatic carbocycles. The maximum atomic E-state index is 13.0. The number of aryl methyl sites for hydroxylation is 3. The Morgan fingerprint density at radius 2 is 2.20 bits per heavy atom. The minimum atomic E-state index is 0.130. The molecule has 1 atom stereocenters. The Bertz CT molecular complexity index is 735. The molecule has 1 fully saturated rings. The van der Waals surface area contributed by atoms with Crippen molar-refractivity contribution in [1.29, 1.82) is 0 Å². The monoisotopic (exact) mass is 358 g/mol. The molecular weight excluding hydrogens is 332 g/mol. The smallest absolute Gasteiger partial charge is 0.229 e. The fraction of sp³-hybridized carbons (Fsp3) is 0.500. The molecule has 134 valence electrons. The van der Waals surface area contributed by atoms with Gasteiger partial charge in [-0.2, -0.15) is 0 Å². The first kappa shape index (κ1) is 18.1. The van der Waals surface area contributed by atoms with E-state index in [1.165, 1.54) is 5.56 Å². The summed E-state index contributed by atoms with van der Waals surface area (Å²) in [4.78, 5) is 20.6. The Hall–Kier alpha value is -1.72. The zero-order chi connectivity index (χ0) is 17.8. The Kier molecular flexibility index (Phi) is 5.86. The van der Waals surface area contributed by atoms with Crippen molar-refractivity contribution in [2.75, 3.05) is 13.2 Å². The molecule has 0 spiro atoms. The van der Waals surface area contributed by atoms with E-state index in [1.807, 2.05) is 24.8 Å². The molecule has 25 heavy (non-hydrogen) atoms. The molecule has 1 saturated heterocycles. The summed E-state index contributed by atoms with van der Waals surface area (Å²) in [5, 5.41) is 1.02. The molecule has 0 radical (unpaired) electrons. The fourth-order valence-corrected chi connectivity index (χ4v) is 4.15. The highest BCUT2D eigenvalue weighted by Gasteiger charge is 2.24. The van der Waals surface area contributed by atoms with E-state index in [9.17, 15) is 4.79 Å².